The summed E-state index contributed by atoms with van der Waals surface area (Å²) in [5.74, 6) is -0.527. The Balaban J connectivity index is 5.14. The van der Waals surface area contributed by atoms with Gasteiger partial charge in [0.25, 0.3) is 0 Å². The lowest BCUT2D eigenvalue weighted by molar-refractivity contribution is -0.870. The zero-order valence-electron chi connectivity index (χ0n) is 53.5. The van der Waals surface area contributed by atoms with Gasteiger partial charge < -0.3 is 19.4 Å². The number of rotatable bonds is 60. The lowest BCUT2D eigenvalue weighted by atomic mass is 10.0. The van der Waals surface area contributed by atoms with Gasteiger partial charge in [-0.05, 0) is 109 Å². The number of allylic oxidation sites excluding steroid dienone is 15. The van der Waals surface area contributed by atoms with Crippen LogP contribution in [0.4, 0.5) is 0 Å². The first-order chi connectivity index (χ1) is 39.4. The van der Waals surface area contributed by atoms with Crippen LogP contribution in [-0.4, -0.2) is 74.3 Å². The van der Waals surface area contributed by atoms with Gasteiger partial charge in [0.15, 0.2) is 0 Å². The Morgan fingerprint density at radius 3 is 1.21 bits per heavy atom. The van der Waals surface area contributed by atoms with E-state index < -0.39 is 20.0 Å². The Bertz CT molecular complexity index is 1710. The summed E-state index contributed by atoms with van der Waals surface area (Å²) in [5, 5.41) is 3.05. The molecule has 2 N–H and O–H groups in total. The number of quaternary nitrogens is 1. The number of ether oxygens (including phenoxy) is 1. The first-order valence-electron chi connectivity index (χ1n) is 33.6. The molecular formula is C71H128N2O7P+. The number of nitrogens with zero attached hydrogens (tertiary/aromatic N) is 1. The van der Waals surface area contributed by atoms with E-state index in [4.69, 9.17) is 13.8 Å². The quantitative estimate of drug-likeness (QED) is 0.0205. The van der Waals surface area contributed by atoms with Crippen LogP contribution in [0.5, 0.6) is 0 Å². The van der Waals surface area contributed by atoms with Crippen LogP contribution in [0.3, 0.4) is 0 Å². The van der Waals surface area contributed by atoms with Crippen LogP contribution in [-0.2, 0) is 27.9 Å². The van der Waals surface area contributed by atoms with Gasteiger partial charge in [0.05, 0.1) is 33.8 Å². The van der Waals surface area contributed by atoms with Crippen molar-refractivity contribution in [3.8, 4) is 0 Å². The van der Waals surface area contributed by atoms with Gasteiger partial charge in [-0.3, -0.25) is 18.6 Å². The first kappa shape index (κ1) is 77.9. The van der Waals surface area contributed by atoms with Crippen molar-refractivity contribution in [2.75, 3.05) is 40.9 Å². The van der Waals surface area contributed by atoms with Crippen molar-refractivity contribution in [3.63, 3.8) is 0 Å². The standard InChI is InChI=1S/C71H127N2O7P/c1-7-10-13-16-19-22-25-27-29-31-33-35-36-38-40-42-44-46-49-52-55-58-61-64-71(75)80-69(62-59-56-53-50-47-24-21-18-15-12-9-3)68(67-79-81(76,77)78-66-65-73(4,5)6)72-70(74)63-60-57-54-51-48-45-43-41-39-37-34-32-30-28-26-23-20-17-14-11-8-2/h11,14,19-20,22-23,27-30,34,37,41,43,59,62,68-69H,7-10,12-13,15-18,21,24-26,31-33,35-36,38-40,42,44-58,60-61,63-67H2,1-6H3,(H-,72,74,76,77)/p+1/b14-11-,22-19-,23-20-,29-27-,30-28-,37-34-,43-41-,62-59+. The third-order valence-corrected chi connectivity index (χ3v) is 15.5. The zero-order chi connectivity index (χ0) is 59.3. The molecule has 0 saturated carbocycles. The number of phosphoric ester groups is 1. The Hall–Kier alpha value is -3.07. The maximum atomic E-state index is 13.6. The molecule has 81 heavy (non-hydrogen) atoms. The molecule has 1 amide bonds. The van der Waals surface area contributed by atoms with Gasteiger partial charge in [0, 0.05) is 12.8 Å². The minimum absolute atomic E-state index is 0.0322. The number of carbonyl (C=O) groups excluding carboxylic acids is 2. The molecule has 0 saturated heterocycles. The van der Waals surface area contributed by atoms with Crippen molar-refractivity contribution in [2.24, 2.45) is 0 Å². The molecule has 0 aromatic heterocycles. The van der Waals surface area contributed by atoms with Crippen LogP contribution in [0.25, 0.3) is 0 Å². The average molecular weight is 1150 g/mol. The van der Waals surface area contributed by atoms with E-state index in [0.717, 1.165) is 116 Å². The predicted molar refractivity (Wildman–Crippen MR) is 350 cm³/mol. The predicted octanol–water partition coefficient (Wildman–Crippen LogP) is 21.1. The van der Waals surface area contributed by atoms with Crippen molar-refractivity contribution in [1.82, 2.24) is 5.32 Å². The van der Waals surface area contributed by atoms with Gasteiger partial charge in [-0.2, -0.15) is 0 Å². The summed E-state index contributed by atoms with van der Waals surface area (Å²) in [4.78, 5) is 37.8. The Labute approximate surface area is 500 Å². The van der Waals surface area contributed by atoms with Crippen molar-refractivity contribution in [2.45, 2.75) is 303 Å². The molecule has 0 aliphatic heterocycles. The van der Waals surface area contributed by atoms with E-state index in [1.165, 1.54) is 141 Å². The number of hydrogen-bond acceptors (Lipinski definition) is 6. The maximum absolute atomic E-state index is 13.6. The molecule has 9 nitrogen and oxygen atoms in total. The van der Waals surface area contributed by atoms with Crippen molar-refractivity contribution in [3.05, 3.63) is 97.2 Å². The molecule has 0 aliphatic carbocycles. The van der Waals surface area contributed by atoms with E-state index in [1.807, 2.05) is 33.3 Å². The molecule has 10 heteroatoms. The number of amides is 1. The second-order valence-corrected chi connectivity index (χ2v) is 25.1. The largest absolute Gasteiger partial charge is 0.472 e. The fourth-order valence-corrected chi connectivity index (χ4v) is 10.1. The summed E-state index contributed by atoms with van der Waals surface area (Å²) in [6.07, 6.45) is 81.3. The molecule has 3 atom stereocenters. The molecular weight excluding hydrogens is 1020 g/mol. The van der Waals surface area contributed by atoms with Gasteiger partial charge in [-0.1, -0.05) is 266 Å². The van der Waals surface area contributed by atoms with E-state index in [0.29, 0.717) is 17.4 Å². The van der Waals surface area contributed by atoms with Gasteiger partial charge in [0.1, 0.15) is 19.3 Å². The molecule has 0 heterocycles. The monoisotopic (exact) mass is 1150 g/mol. The first-order valence-corrected chi connectivity index (χ1v) is 35.1. The smallest absolute Gasteiger partial charge is 0.456 e. The molecule has 0 spiro atoms. The Kier molecular flexibility index (Phi) is 57.8. The van der Waals surface area contributed by atoms with Crippen LogP contribution in [0.15, 0.2) is 97.2 Å². The highest BCUT2D eigenvalue weighted by molar-refractivity contribution is 7.47. The number of likely N-dealkylation sites (N-methyl/N-ethyl adjacent to an activating group) is 1. The molecule has 0 aromatic carbocycles. The Morgan fingerprint density at radius 2 is 0.790 bits per heavy atom. The van der Waals surface area contributed by atoms with E-state index in [-0.39, 0.29) is 31.5 Å². The molecule has 0 aliphatic rings. The van der Waals surface area contributed by atoms with E-state index in [2.05, 4.69) is 111 Å². The summed E-state index contributed by atoms with van der Waals surface area (Å²) in [5.41, 5.74) is 0. The summed E-state index contributed by atoms with van der Waals surface area (Å²) < 4.78 is 30.7. The second kappa shape index (κ2) is 60.1. The van der Waals surface area contributed by atoms with Crippen LogP contribution in [0, 0.1) is 0 Å². The van der Waals surface area contributed by atoms with Gasteiger partial charge >= 0.3 is 13.8 Å². The number of carbonyl (C=O) groups is 2. The van der Waals surface area contributed by atoms with Crippen LogP contribution >= 0.6 is 7.82 Å². The molecule has 0 bridgehead atoms. The third kappa shape index (κ3) is 61.3. The van der Waals surface area contributed by atoms with Gasteiger partial charge in [-0.25, -0.2) is 4.57 Å². The summed E-state index contributed by atoms with van der Waals surface area (Å²) in [6, 6.07) is -0.864. The summed E-state index contributed by atoms with van der Waals surface area (Å²) in [7, 11) is 1.47. The minimum Gasteiger partial charge on any atom is -0.456 e. The SMILES string of the molecule is CC/C=C\C/C=C\C/C=C\C/C=C\C/C=C\CCCCCCCC(=O)NC(COP(=O)(O)OCC[N+](C)(C)C)C(/C=C/CCCCCCCCCCC)OC(=O)CCCCCCCCCCCCCCC/C=C\C/C=C\CCCCC. The van der Waals surface area contributed by atoms with Crippen LogP contribution in [0.1, 0.15) is 290 Å². The topological polar surface area (TPSA) is 111 Å². The number of nitrogens with one attached hydrogen (secondary N) is 1. The molecule has 3 unspecified atom stereocenters. The fraction of sp³-hybridized carbons (Fsp3) is 0.746. The molecule has 0 rings (SSSR count). The second-order valence-electron chi connectivity index (χ2n) is 23.6. The van der Waals surface area contributed by atoms with E-state index in [1.54, 1.807) is 0 Å². The number of esters is 1. The Morgan fingerprint density at radius 1 is 0.444 bits per heavy atom. The highest BCUT2D eigenvalue weighted by atomic mass is 31.2. The van der Waals surface area contributed by atoms with Gasteiger partial charge in [0.2, 0.25) is 5.91 Å². The summed E-state index contributed by atoms with van der Waals surface area (Å²) in [6.45, 7) is 6.86. The highest BCUT2D eigenvalue weighted by Gasteiger charge is 2.30. The molecule has 0 aromatic rings. The number of hydrogen-bond donors (Lipinski definition) is 2. The highest BCUT2D eigenvalue weighted by Crippen LogP contribution is 2.43. The van der Waals surface area contributed by atoms with E-state index >= 15 is 0 Å². The van der Waals surface area contributed by atoms with Crippen molar-refractivity contribution in [1.29, 1.82) is 0 Å². The van der Waals surface area contributed by atoms with Crippen molar-refractivity contribution >= 4 is 19.7 Å². The number of phosphoric acid groups is 1. The maximum Gasteiger partial charge on any atom is 0.472 e. The third-order valence-electron chi connectivity index (χ3n) is 14.5. The van der Waals surface area contributed by atoms with Crippen molar-refractivity contribution < 1.29 is 37.3 Å². The molecule has 468 valence electrons. The average Bonchev–Trinajstić information content (AvgIpc) is 3.44. The fourth-order valence-electron chi connectivity index (χ4n) is 9.35. The normalized spacial score (nSPS) is 14.2. The minimum atomic E-state index is -4.46. The van der Waals surface area contributed by atoms with Crippen LogP contribution < -0.4 is 5.32 Å². The molecule has 0 radical (unpaired) electrons. The summed E-state index contributed by atoms with van der Waals surface area (Å²) >= 11 is 0. The zero-order valence-corrected chi connectivity index (χ0v) is 54.4. The lowest BCUT2D eigenvalue weighted by Gasteiger charge is -2.27. The van der Waals surface area contributed by atoms with E-state index in [9.17, 15) is 19.0 Å². The number of unbranched alkanes of at least 4 members (excludes halogenated alkanes) is 30. The van der Waals surface area contributed by atoms with Crippen LogP contribution in [0.2, 0.25) is 0 Å². The lowest BCUT2D eigenvalue weighted by Crippen LogP contribution is -2.47. The molecule has 0 fully saturated rings. The van der Waals surface area contributed by atoms with Gasteiger partial charge in [-0.15, -0.1) is 0 Å².